The number of hydrogen-bond donors (Lipinski definition) is 2. The summed E-state index contributed by atoms with van der Waals surface area (Å²) in [6, 6.07) is 0.0741. The van der Waals surface area contributed by atoms with Crippen molar-refractivity contribution in [2.24, 2.45) is 11.3 Å². The topological polar surface area (TPSA) is 49.3 Å². The molecule has 0 aromatic heterocycles. The molecule has 3 nitrogen and oxygen atoms in total. The van der Waals surface area contributed by atoms with Crippen molar-refractivity contribution < 1.29 is 9.90 Å². The molecule has 0 spiro atoms. The fourth-order valence-electron chi connectivity index (χ4n) is 2.06. The van der Waals surface area contributed by atoms with Crippen LogP contribution in [0.3, 0.4) is 0 Å². The minimum Gasteiger partial charge on any atom is -0.396 e. The number of carbonyl (C=O) groups excluding carboxylic acids is 1. The van der Waals surface area contributed by atoms with Gasteiger partial charge in [-0.2, -0.15) is 0 Å². The van der Waals surface area contributed by atoms with Gasteiger partial charge in [-0.1, -0.05) is 27.2 Å². The van der Waals surface area contributed by atoms with E-state index in [-0.39, 0.29) is 24.0 Å². The molecule has 1 rings (SSSR count). The molecule has 0 bridgehead atoms. The van der Waals surface area contributed by atoms with Gasteiger partial charge in [0, 0.05) is 19.1 Å². The van der Waals surface area contributed by atoms with Crippen LogP contribution in [0.25, 0.3) is 0 Å². The zero-order valence-corrected chi connectivity index (χ0v) is 10.8. The number of nitrogens with one attached hydrogen (secondary N) is 1. The van der Waals surface area contributed by atoms with Gasteiger partial charge in [0.25, 0.3) is 0 Å². The molecule has 1 atom stereocenters. The van der Waals surface area contributed by atoms with Gasteiger partial charge < -0.3 is 10.4 Å². The molecule has 1 fully saturated rings. The van der Waals surface area contributed by atoms with Gasteiger partial charge in [-0.3, -0.25) is 4.79 Å². The number of carbonyl (C=O) groups is 1. The number of amides is 1. The molecule has 1 aliphatic carbocycles. The van der Waals surface area contributed by atoms with Gasteiger partial charge in [-0.15, -0.1) is 0 Å². The van der Waals surface area contributed by atoms with Crippen LogP contribution < -0.4 is 5.32 Å². The third-order valence-corrected chi connectivity index (χ3v) is 3.50. The molecule has 0 aromatic carbocycles. The molecule has 1 amide bonds. The van der Waals surface area contributed by atoms with Crippen LogP contribution in [0, 0.1) is 11.3 Å². The number of rotatable bonds is 5. The van der Waals surface area contributed by atoms with Gasteiger partial charge >= 0.3 is 0 Å². The first-order valence-corrected chi connectivity index (χ1v) is 6.33. The molecular weight excluding hydrogens is 202 g/mol. The highest BCUT2D eigenvalue weighted by Gasteiger charge is 2.27. The fourth-order valence-corrected chi connectivity index (χ4v) is 2.06. The standard InChI is InChI=1S/C13H25NO2/c1-13(2,3)11(7-8-15)14-12(16)9-10-5-4-6-10/h10-11,15H,4-9H2,1-3H3,(H,14,16). The third kappa shape index (κ3) is 4.12. The Morgan fingerprint density at radius 2 is 2.06 bits per heavy atom. The lowest BCUT2D eigenvalue weighted by molar-refractivity contribution is -0.124. The molecule has 94 valence electrons. The first kappa shape index (κ1) is 13.5. The Morgan fingerprint density at radius 1 is 1.44 bits per heavy atom. The summed E-state index contributed by atoms with van der Waals surface area (Å²) in [7, 11) is 0. The van der Waals surface area contributed by atoms with Crippen LogP contribution in [0.2, 0.25) is 0 Å². The predicted octanol–water partition coefficient (Wildman–Crippen LogP) is 2.09. The van der Waals surface area contributed by atoms with E-state index in [0.29, 0.717) is 18.8 Å². The zero-order chi connectivity index (χ0) is 12.2. The van der Waals surface area contributed by atoms with E-state index in [1.165, 1.54) is 19.3 Å². The molecule has 0 aliphatic heterocycles. The Morgan fingerprint density at radius 3 is 2.44 bits per heavy atom. The van der Waals surface area contributed by atoms with Crippen molar-refractivity contribution in [3.63, 3.8) is 0 Å². The summed E-state index contributed by atoms with van der Waals surface area (Å²) >= 11 is 0. The average Bonchev–Trinajstić information content (AvgIpc) is 2.09. The Kier molecular flexibility index (Phi) is 4.78. The molecule has 1 aliphatic rings. The van der Waals surface area contributed by atoms with Crippen LogP contribution >= 0.6 is 0 Å². The maximum absolute atomic E-state index is 11.8. The normalized spacial score (nSPS) is 19.0. The van der Waals surface area contributed by atoms with Crippen molar-refractivity contribution in [2.75, 3.05) is 6.61 Å². The van der Waals surface area contributed by atoms with Crippen molar-refractivity contribution in [1.82, 2.24) is 5.32 Å². The molecule has 2 N–H and O–H groups in total. The molecule has 0 saturated heterocycles. The Bertz CT molecular complexity index is 229. The van der Waals surface area contributed by atoms with E-state index < -0.39 is 0 Å². The van der Waals surface area contributed by atoms with Crippen LogP contribution in [0.5, 0.6) is 0 Å². The monoisotopic (exact) mass is 227 g/mol. The summed E-state index contributed by atoms with van der Waals surface area (Å²) in [4.78, 5) is 11.8. The van der Waals surface area contributed by atoms with E-state index >= 15 is 0 Å². The van der Waals surface area contributed by atoms with Gasteiger partial charge in [-0.05, 0) is 30.6 Å². The number of aliphatic hydroxyl groups excluding tert-OH is 1. The summed E-state index contributed by atoms with van der Waals surface area (Å²) in [5.74, 6) is 0.757. The molecule has 0 radical (unpaired) electrons. The highest BCUT2D eigenvalue weighted by molar-refractivity contribution is 5.76. The lowest BCUT2D eigenvalue weighted by atomic mass is 9.81. The van der Waals surface area contributed by atoms with E-state index in [9.17, 15) is 4.79 Å². The van der Waals surface area contributed by atoms with Crippen LogP contribution in [0.15, 0.2) is 0 Å². The van der Waals surface area contributed by atoms with Crippen molar-refractivity contribution in [3.05, 3.63) is 0 Å². The molecule has 3 heteroatoms. The Labute approximate surface area is 98.6 Å². The minimum atomic E-state index is 0.0119. The molecule has 0 aromatic rings. The highest BCUT2D eigenvalue weighted by atomic mass is 16.3. The lowest BCUT2D eigenvalue weighted by Gasteiger charge is -2.32. The number of hydrogen-bond acceptors (Lipinski definition) is 2. The zero-order valence-electron chi connectivity index (χ0n) is 10.8. The number of aliphatic hydroxyl groups is 1. The summed E-state index contributed by atoms with van der Waals surface area (Å²) in [5, 5.41) is 12.1. The predicted molar refractivity (Wildman–Crippen MR) is 65.0 cm³/mol. The second-order valence-electron chi connectivity index (χ2n) is 6.00. The Hall–Kier alpha value is -0.570. The van der Waals surface area contributed by atoms with E-state index in [1.807, 2.05) is 0 Å². The van der Waals surface area contributed by atoms with E-state index in [4.69, 9.17) is 5.11 Å². The first-order valence-electron chi connectivity index (χ1n) is 6.33. The summed E-state index contributed by atoms with van der Waals surface area (Å²) in [5.41, 5.74) is 0.0119. The van der Waals surface area contributed by atoms with Gasteiger partial charge in [-0.25, -0.2) is 0 Å². The minimum absolute atomic E-state index is 0.0119. The molecule has 1 saturated carbocycles. The van der Waals surface area contributed by atoms with Crippen LogP contribution in [0.4, 0.5) is 0 Å². The summed E-state index contributed by atoms with van der Waals surface area (Å²) in [6.45, 7) is 6.41. The first-order chi connectivity index (χ1) is 7.43. The average molecular weight is 227 g/mol. The van der Waals surface area contributed by atoms with Crippen LogP contribution in [-0.2, 0) is 4.79 Å². The fraction of sp³-hybridized carbons (Fsp3) is 0.923. The SMILES string of the molecule is CC(C)(C)C(CCO)NC(=O)CC1CCC1. The summed E-state index contributed by atoms with van der Waals surface area (Å²) < 4.78 is 0. The van der Waals surface area contributed by atoms with Crippen LogP contribution in [-0.4, -0.2) is 23.7 Å². The summed E-state index contributed by atoms with van der Waals surface area (Å²) in [6.07, 6.45) is 4.98. The van der Waals surface area contributed by atoms with Gasteiger partial charge in [0.05, 0.1) is 0 Å². The van der Waals surface area contributed by atoms with Gasteiger partial charge in [0.1, 0.15) is 0 Å². The second kappa shape index (κ2) is 5.67. The lowest BCUT2D eigenvalue weighted by Crippen LogP contribution is -2.45. The van der Waals surface area contributed by atoms with Crippen molar-refractivity contribution in [1.29, 1.82) is 0 Å². The van der Waals surface area contributed by atoms with E-state index in [2.05, 4.69) is 26.1 Å². The van der Waals surface area contributed by atoms with E-state index in [0.717, 1.165) is 0 Å². The molecular formula is C13H25NO2. The van der Waals surface area contributed by atoms with Crippen molar-refractivity contribution in [2.45, 2.75) is 58.9 Å². The van der Waals surface area contributed by atoms with Gasteiger partial charge in [0.2, 0.25) is 5.91 Å². The molecule has 1 unspecified atom stereocenters. The highest BCUT2D eigenvalue weighted by Crippen LogP contribution is 2.29. The van der Waals surface area contributed by atoms with Crippen molar-refractivity contribution in [3.8, 4) is 0 Å². The molecule has 16 heavy (non-hydrogen) atoms. The van der Waals surface area contributed by atoms with E-state index in [1.54, 1.807) is 0 Å². The van der Waals surface area contributed by atoms with Crippen molar-refractivity contribution >= 4 is 5.91 Å². The third-order valence-electron chi connectivity index (χ3n) is 3.50. The van der Waals surface area contributed by atoms with Gasteiger partial charge in [0.15, 0.2) is 0 Å². The Balaban J connectivity index is 2.37. The largest absolute Gasteiger partial charge is 0.396 e. The molecule has 0 heterocycles. The maximum atomic E-state index is 11.8. The van der Waals surface area contributed by atoms with Crippen LogP contribution in [0.1, 0.15) is 52.9 Å². The quantitative estimate of drug-likeness (QED) is 0.755. The second-order valence-corrected chi connectivity index (χ2v) is 6.00. The smallest absolute Gasteiger partial charge is 0.220 e. The maximum Gasteiger partial charge on any atom is 0.220 e.